The van der Waals surface area contributed by atoms with Gasteiger partial charge in [-0.15, -0.1) is 0 Å². The normalized spacial score (nSPS) is 11.2. The van der Waals surface area contributed by atoms with Crippen molar-refractivity contribution in [1.29, 1.82) is 0 Å². The van der Waals surface area contributed by atoms with Crippen LogP contribution in [-0.2, 0) is 0 Å². The van der Waals surface area contributed by atoms with Crippen LogP contribution in [-0.4, -0.2) is 21.1 Å². The first-order valence-corrected chi connectivity index (χ1v) is 6.61. The molecule has 1 heterocycles. The lowest BCUT2D eigenvalue weighted by Gasteiger charge is -2.06. The molecule has 0 saturated heterocycles. The molecule has 0 unspecified atom stereocenters. The monoisotopic (exact) mass is 288 g/mol. The third-order valence-corrected chi connectivity index (χ3v) is 3.32. The minimum atomic E-state index is -0.313. The topological polar surface area (TPSA) is 63.0 Å². The second-order valence-corrected chi connectivity index (χ2v) is 5.17. The zero-order valence-corrected chi connectivity index (χ0v) is 12.7. The summed E-state index contributed by atoms with van der Waals surface area (Å²) in [6, 6.07) is 4.16. The Bertz CT molecular complexity index is 779. The minimum Gasteiger partial charge on any atom is -0.265 e. The van der Waals surface area contributed by atoms with Gasteiger partial charge in [-0.3, -0.25) is 9.89 Å². The standard InChI is InChI=1S/C14H16N4OS/c1-8-5-9(2)12(10(3)6-8)7-15-18-13(19)11(4)16-17-14(18)20/h5-7H,1-4H3,(H,17,20)/b15-7-. The van der Waals surface area contributed by atoms with Gasteiger partial charge in [-0.2, -0.15) is 14.9 Å². The Balaban J connectivity index is 2.54. The van der Waals surface area contributed by atoms with Crippen molar-refractivity contribution < 1.29 is 0 Å². The minimum absolute atomic E-state index is 0.180. The smallest absolute Gasteiger partial charge is 0.265 e. The van der Waals surface area contributed by atoms with Gasteiger partial charge >= 0.3 is 0 Å². The second kappa shape index (κ2) is 5.50. The van der Waals surface area contributed by atoms with Crippen LogP contribution in [0, 0.1) is 32.5 Å². The summed E-state index contributed by atoms with van der Waals surface area (Å²) in [5.41, 5.74) is 4.43. The van der Waals surface area contributed by atoms with Gasteiger partial charge in [-0.1, -0.05) is 17.7 Å². The Kier molecular flexibility index (Phi) is 3.94. The summed E-state index contributed by atoms with van der Waals surface area (Å²) in [5.74, 6) is 0. The van der Waals surface area contributed by atoms with E-state index in [0.29, 0.717) is 5.69 Å². The van der Waals surface area contributed by atoms with E-state index in [4.69, 9.17) is 12.2 Å². The number of nitrogens with one attached hydrogen (secondary N) is 1. The summed E-state index contributed by atoms with van der Waals surface area (Å²) in [6.45, 7) is 7.70. The van der Waals surface area contributed by atoms with Gasteiger partial charge in [-0.25, -0.2) is 0 Å². The summed E-state index contributed by atoms with van der Waals surface area (Å²) in [5, 5.41) is 10.6. The molecule has 2 rings (SSSR count). The molecule has 0 aliphatic carbocycles. The van der Waals surface area contributed by atoms with Crippen molar-refractivity contribution in [3.8, 4) is 0 Å². The molecular weight excluding hydrogens is 272 g/mol. The highest BCUT2D eigenvalue weighted by Gasteiger charge is 2.03. The van der Waals surface area contributed by atoms with Crippen molar-refractivity contribution >= 4 is 18.4 Å². The molecule has 0 aliphatic heterocycles. The highest BCUT2D eigenvalue weighted by molar-refractivity contribution is 7.71. The molecule has 0 saturated carbocycles. The molecular formula is C14H16N4OS. The first-order chi connectivity index (χ1) is 9.40. The Morgan fingerprint density at radius 2 is 1.85 bits per heavy atom. The van der Waals surface area contributed by atoms with E-state index in [0.717, 1.165) is 21.4 Å². The van der Waals surface area contributed by atoms with Gasteiger partial charge in [0.05, 0.1) is 6.21 Å². The van der Waals surface area contributed by atoms with Crippen molar-refractivity contribution in [3.63, 3.8) is 0 Å². The third kappa shape index (κ3) is 2.75. The first kappa shape index (κ1) is 14.3. The number of hydrogen-bond donors (Lipinski definition) is 1. The van der Waals surface area contributed by atoms with Crippen molar-refractivity contribution in [2.75, 3.05) is 0 Å². The summed E-state index contributed by atoms with van der Waals surface area (Å²) >= 11 is 5.03. The quantitative estimate of drug-likeness (QED) is 0.682. The van der Waals surface area contributed by atoms with Crippen LogP contribution in [0.5, 0.6) is 0 Å². The van der Waals surface area contributed by atoms with Gasteiger partial charge in [0.15, 0.2) is 0 Å². The predicted molar refractivity (Wildman–Crippen MR) is 82.1 cm³/mol. The summed E-state index contributed by atoms with van der Waals surface area (Å²) in [7, 11) is 0. The van der Waals surface area contributed by atoms with Crippen LogP contribution in [0.2, 0.25) is 0 Å². The fraction of sp³-hybridized carbons (Fsp3) is 0.286. The Morgan fingerprint density at radius 3 is 2.45 bits per heavy atom. The lowest BCUT2D eigenvalue weighted by Crippen LogP contribution is -2.22. The molecule has 1 N–H and O–H groups in total. The van der Waals surface area contributed by atoms with Gasteiger partial charge in [0, 0.05) is 5.56 Å². The van der Waals surface area contributed by atoms with Gasteiger partial charge < -0.3 is 0 Å². The average molecular weight is 288 g/mol. The van der Waals surface area contributed by atoms with Crippen molar-refractivity contribution in [2.45, 2.75) is 27.7 Å². The Morgan fingerprint density at radius 1 is 1.25 bits per heavy atom. The molecule has 6 heteroatoms. The molecule has 0 aliphatic rings. The number of aromatic amines is 1. The number of H-pyrrole nitrogens is 1. The van der Waals surface area contributed by atoms with Crippen LogP contribution in [0.15, 0.2) is 22.0 Å². The number of hydrogen-bond acceptors (Lipinski definition) is 4. The number of rotatable bonds is 2. The molecule has 0 atom stereocenters. The highest BCUT2D eigenvalue weighted by Crippen LogP contribution is 2.14. The van der Waals surface area contributed by atoms with Crippen LogP contribution in [0.4, 0.5) is 0 Å². The lowest BCUT2D eigenvalue weighted by molar-refractivity contribution is 0.720. The van der Waals surface area contributed by atoms with Gasteiger partial charge in [0.1, 0.15) is 5.69 Å². The van der Waals surface area contributed by atoms with E-state index in [-0.39, 0.29) is 10.3 Å². The van der Waals surface area contributed by atoms with E-state index in [9.17, 15) is 4.79 Å². The summed E-state index contributed by atoms with van der Waals surface area (Å²) < 4.78 is 1.33. The van der Waals surface area contributed by atoms with Crippen molar-refractivity contribution in [2.24, 2.45) is 5.10 Å². The van der Waals surface area contributed by atoms with E-state index < -0.39 is 0 Å². The molecule has 0 spiro atoms. The fourth-order valence-electron chi connectivity index (χ4n) is 2.09. The second-order valence-electron chi connectivity index (χ2n) is 4.79. The molecule has 0 bridgehead atoms. The summed E-state index contributed by atoms with van der Waals surface area (Å²) in [6.07, 6.45) is 1.66. The number of nitrogens with zero attached hydrogens (tertiary/aromatic N) is 3. The van der Waals surface area contributed by atoms with E-state index in [2.05, 4.69) is 27.4 Å². The largest absolute Gasteiger partial charge is 0.296 e. The molecule has 5 nitrogen and oxygen atoms in total. The maximum Gasteiger partial charge on any atom is 0.296 e. The van der Waals surface area contributed by atoms with Crippen LogP contribution in [0.25, 0.3) is 0 Å². The van der Waals surface area contributed by atoms with Gasteiger partial charge in [-0.05, 0) is 51.0 Å². The SMILES string of the molecule is Cc1cc(C)c(/C=N\n2c(=S)[nH]nc(C)c2=O)c(C)c1. The van der Waals surface area contributed by atoms with Crippen LogP contribution >= 0.6 is 12.2 Å². The molecule has 1 aromatic heterocycles. The first-order valence-electron chi connectivity index (χ1n) is 6.20. The van der Waals surface area contributed by atoms with E-state index >= 15 is 0 Å². The molecule has 1 aromatic carbocycles. The van der Waals surface area contributed by atoms with Crippen LogP contribution in [0.3, 0.4) is 0 Å². The van der Waals surface area contributed by atoms with Gasteiger partial charge in [0.25, 0.3) is 5.56 Å². The van der Waals surface area contributed by atoms with E-state index in [1.165, 1.54) is 5.56 Å². The summed E-state index contributed by atoms with van der Waals surface area (Å²) in [4.78, 5) is 11.9. The molecule has 0 amide bonds. The zero-order chi connectivity index (χ0) is 14.9. The Hall–Kier alpha value is -2.08. The average Bonchev–Trinajstić information content (AvgIpc) is 2.36. The molecule has 0 radical (unpaired) electrons. The zero-order valence-electron chi connectivity index (χ0n) is 11.9. The molecule has 104 valence electrons. The maximum absolute atomic E-state index is 11.9. The molecule has 20 heavy (non-hydrogen) atoms. The van der Waals surface area contributed by atoms with Crippen molar-refractivity contribution in [1.82, 2.24) is 14.9 Å². The molecule has 0 fully saturated rings. The van der Waals surface area contributed by atoms with E-state index in [1.807, 2.05) is 20.8 Å². The van der Waals surface area contributed by atoms with Crippen molar-refractivity contribution in [3.05, 3.63) is 55.2 Å². The highest BCUT2D eigenvalue weighted by atomic mass is 32.1. The maximum atomic E-state index is 11.9. The van der Waals surface area contributed by atoms with Crippen LogP contribution < -0.4 is 5.56 Å². The predicted octanol–water partition coefficient (Wildman–Crippen LogP) is 2.42. The Labute approximate surface area is 122 Å². The molecule has 2 aromatic rings. The van der Waals surface area contributed by atoms with E-state index in [1.54, 1.807) is 13.1 Å². The lowest BCUT2D eigenvalue weighted by atomic mass is 10.0. The van der Waals surface area contributed by atoms with Gasteiger partial charge in [0.2, 0.25) is 4.77 Å². The number of aryl methyl sites for hydroxylation is 4. The fourth-order valence-corrected chi connectivity index (χ4v) is 2.26. The van der Waals surface area contributed by atoms with Crippen LogP contribution in [0.1, 0.15) is 27.9 Å². The number of benzene rings is 1. The number of aromatic nitrogens is 3. The third-order valence-electron chi connectivity index (χ3n) is 3.05.